The molecule has 0 aliphatic rings. The second-order valence-electron chi connectivity index (χ2n) is 4.00. The quantitative estimate of drug-likeness (QED) is 0.652. The maximum Gasteiger partial charge on any atom is 0.342 e. The molecule has 0 amide bonds. The zero-order valence-electron chi connectivity index (χ0n) is 10.2. The second-order valence-corrected chi connectivity index (χ2v) is 4.37. The first-order valence-corrected chi connectivity index (χ1v) is 5.59. The van der Waals surface area contributed by atoms with Crippen LogP contribution >= 0.6 is 11.6 Å². The van der Waals surface area contributed by atoms with Gasteiger partial charge in [-0.15, -0.1) is 0 Å². The van der Waals surface area contributed by atoms with Crippen molar-refractivity contribution in [2.45, 2.75) is 26.9 Å². The van der Waals surface area contributed by atoms with Gasteiger partial charge >= 0.3 is 5.97 Å². The van der Waals surface area contributed by atoms with Crippen molar-refractivity contribution in [1.82, 2.24) is 0 Å². The minimum atomic E-state index is -0.801. The highest BCUT2D eigenvalue weighted by atomic mass is 35.5. The van der Waals surface area contributed by atoms with Crippen molar-refractivity contribution in [2.75, 3.05) is 0 Å². The lowest BCUT2D eigenvalue weighted by Gasteiger charge is -2.14. The van der Waals surface area contributed by atoms with Crippen LogP contribution in [-0.2, 0) is 4.74 Å². The van der Waals surface area contributed by atoms with Crippen molar-refractivity contribution in [3.8, 4) is 11.5 Å². The molecule has 0 unspecified atom stereocenters. The normalized spacial score (nSPS) is 10.5. The SMILES string of the molecule is Cc1c(Cl)c(O)c(C=O)c(O)c1C(=O)OC(C)C. The minimum absolute atomic E-state index is 0.155. The van der Waals surface area contributed by atoms with Gasteiger partial charge in [0.25, 0.3) is 0 Å². The van der Waals surface area contributed by atoms with Gasteiger partial charge in [-0.3, -0.25) is 4.79 Å². The topological polar surface area (TPSA) is 83.8 Å². The molecule has 0 spiro atoms. The van der Waals surface area contributed by atoms with Crippen molar-refractivity contribution in [3.05, 3.63) is 21.7 Å². The van der Waals surface area contributed by atoms with Gasteiger partial charge in [-0.1, -0.05) is 11.6 Å². The number of ether oxygens (including phenoxy) is 1. The van der Waals surface area contributed by atoms with E-state index in [2.05, 4.69) is 0 Å². The Morgan fingerprint density at radius 1 is 1.33 bits per heavy atom. The third kappa shape index (κ3) is 2.41. The Morgan fingerprint density at radius 3 is 2.33 bits per heavy atom. The monoisotopic (exact) mass is 272 g/mol. The number of aromatic hydroxyl groups is 2. The Bertz CT molecular complexity index is 508. The lowest BCUT2D eigenvalue weighted by atomic mass is 10.0. The Morgan fingerprint density at radius 2 is 1.89 bits per heavy atom. The molecule has 1 rings (SSSR count). The summed E-state index contributed by atoms with van der Waals surface area (Å²) in [6.07, 6.45) is -0.161. The first-order valence-electron chi connectivity index (χ1n) is 5.21. The van der Waals surface area contributed by atoms with Crippen LogP contribution in [0.5, 0.6) is 11.5 Å². The highest BCUT2D eigenvalue weighted by Gasteiger charge is 2.25. The van der Waals surface area contributed by atoms with Gasteiger partial charge in [0.2, 0.25) is 0 Å². The van der Waals surface area contributed by atoms with Gasteiger partial charge in [0, 0.05) is 0 Å². The fourth-order valence-electron chi connectivity index (χ4n) is 1.46. The molecule has 1 aromatic rings. The molecule has 0 fully saturated rings. The molecule has 0 aliphatic carbocycles. The average Bonchev–Trinajstić information content (AvgIpc) is 2.26. The summed E-state index contributed by atoms with van der Waals surface area (Å²) >= 11 is 5.79. The molecule has 5 nitrogen and oxygen atoms in total. The number of hydrogen-bond acceptors (Lipinski definition) is 5. The van der Waals surface area contributed by atoms with E-state index in [1.807, 2.05) is 0 Å². The van der Waals surface area contributed by atoms with E-state index < -0.39 is 23.0 Å². The van der Waals surface area contributed by atoms with Crippen LogP contribution in [0.25, 0.3) is 0 Å². The van der Waals surface area contributed by atoms with Gasteiger partial charge in [0.15, 0.2) is 6.29 Å². The molecule has 1 aromatic carbocycles. The second kappa shape index (κ2) is 5.27. The van der Waals surface area contributed by atoms with Gasteiger partial charge < -0.3 is 14.9 Å². The summed E-state index contributed by atoms with van der Waals surface area (Å²) in [7, 11) is 0. The third-order valence-electron chi connectivity index (χ3n) is 2.32. The molecular weight excluding hydrogens is 260 g/mol. The molecule has 0 radical (unpaired) electrons. The van der Waals surface area contributed by atoms with Crippen LogP contribution in [0.4, 0.5) is 0 Å². The number of carbonyl (C=O) groups excluding carboxylic acids is 2. The first kappa shape index (κ1) is 14.3. The summed E-state index contributed by atoms with van der Waals surface area (Å²) in [6.45, 7) is 4.73. The first-order chi connectivity index (χ1) is 8.31. The predicted octanol–water partition coefficient (Wildman–Crippen LogP) is 2.44. The summed E-state index contributed by atoms with van der Waals surface area (Å²) in [5.41, 5.74) is -0.488. The van der Waals surface area contributed by atoms with E-state index in [9.17, 15) is 19.8 Å². The summed E-state index contributed by atoms with van der Waals surface area (Å²) < 4.78 is 4.94. The molecule has 0 heterocycles. The molecule has 0 aromatic heterocycles. The maximum absolute atomic E-state index is 11.8. The number of phenols is 2. The maximum atomic E-state index is 11.8. The van der Waals surface area contributed by atoms with Crippen molar-refractivity contribution in [1.29, 1.82) is 0 Å². The smallest absolute Gasteiger partial charge is 0.342 e. The highest BCUT2D eigenvalue weighted by Crippen LogP contribution is 2.39. The summed E-state index contributed by atoms with van der Waals surface area (Å²) in [5.74, 6) is -1.98. The number of hydrogen-bond donors (Lipinski definition) is 2. The fraction of sp³-hybridized carbons (Fsp3) is 0.333. The van der Waals surface area contributed by atoms with E-state index in [0.717, 1.165) is 0 Å². The van der Waals surface area contributed by atoms with Crippen molar-refractivity contribution < 1.29 is 24.5 Å². The van der Waals surface area contributed by atoms with Crippen LogP contribution in [0, 0.1) is 6.92 Å². The number of carbonyl (C=O) groups is 2. The van der Waals surface area contributed by atoms with E-state index in [1.165, 1.54) is 6.92 Å². The van der Waals surface area contributed by atoms with Gasteiger partial charge in [-0.2, -0.15) is 0 Å². The molecule has 0 aliphatic heterocycles. The number of benzene rings is 1. The number of aldehydes is 1. The molecule has 98 valence electrons. The van der Waals surface area contributed by atoms with Crippen LogP contribution in [0.3, 0.4) is 0 Å². The van der Waals surface area contributed by atoms with Gasteiger partial charge in [0.1, 0.15) is 22.6 Å². The lowest BCUT2D eigenvalue weighted by molar-refractivity contribution is 0.0374. The largest absolute Gasteiger partial charge is 0.506 e. The highest BCUT2D eigenvalue weighted by molar-refractivity contribution is 6.34. The van der Waals surface area contributed by atoms with E-state index in [4.69, 9.17) is 16.3 Å². The van der Waals surface area contributed by atoms with Crippen molar-refractivity contribution in [3.63, 3.8) is 0 Å². The van der Waals surface area contributed by atoms with Crippen molar-refractivity contribution in [2.24, 2.45) is 0 Å². The average molecular weight is 273 g/mol. The fourth-order valence-corrected chi connectivity index (χ4v) is 1.66. The molecular formula is C12H13ClO5. The van der Waals surface area contributed by atoms with Crippen LogP contribution < -0.4 is 0 Å². The number of halogens is 1. The predicted molar refractivity (Wildman–Crippen MR) is 65.5 cm³/mol. The van der Waals surface area contributed by atoms with Crippen LogP contribution in [-0.4, -0.2) is 28.6 Å². The standard InChI is InChI=1S/C12H13ClO5/c1-5(2)18-12(17)8-6(3)9(13)11(16)7(4-14)10(8)15/h4-5,15-16H,1-3H3. The third-order valence-corrected chi connectivity index (χ3v) is 2.79. The molecule has 0 saturated heterocycles. The summed E-state index contributed by atoms with van der Waals surface area (Å²) in [5, 5.41) is 19.2. The molecule has 18 heavy (non-hydrogen) atoms. The van der Waals surface area contributed by atoms with E-state index in [0.29, 0.717) is 0 Å². The van der Waals surface area contributed by atoms with Crippen LogP contribution in [0.1, 0.15) is 40.1 Å². The Kier molecular flexibility index (Phi) is 4.19. The van der Waals surface area contributed by atoms with E-state index in [1.54, 1.807) is 13.8 Å². The van der Waals surface area contributed by atoms with Crippen molar-refractivity contribution >= 4 is 23.9 Å². The minimum Gasteiger partial charge on any atom is -0.506 e. The summed E-state index contributed by atoms with van der Waals surface area (Å²) in [4.78, 5) is 22.6. The molecule has 0 bridgehead atoms. The van der Waals surface area contributed by atoms with E-state index >= 15 is 0 Å². The van der Waals surface area contributed by atoms with E-state index in [-0.39, 0.29) is 28.5 Å². The summed E-state index contributed by atoms with van der Waals surface area (Å²) in [6, 6.07) is 0. The lowest BCUT2D eigenvalue weighted by Crippen LogP contribution is -2.14. The Hall–Kier alpha value is -1.75. The zero-order chi connectivity index (χ0) is 14.0. The van der Waals surface area contributed by atoms with Crippen LogP contribution in [0.2, 0.25) is 5.02 Å². The number of phenolic OH excluding ortho intramolecular Hbond substituents is 2. The van der Waals surface area contributed by atoms with Gasteiger partial charge in [0.05, 0.1) is 11.1 Å². The molecule has 0 atom stereocenters. The number of esters is 1. The molecule has 2 N–H and O–H groups in total. The van der Waals surface area contributed by atoms with Gasteiger partial charge in [-0.25, -0.2) is 4.79 Å². The van der Waals surface area contributed by atoms with Crippen LogP contribution in [0.15, 0.2) is 0 Å². The molecule has 6 heteroatoms. The van der Waals surface area contributed by atoms with Gasteiger partial charge in [-0.05, 0) is 26.3 Å². The Labute approximate surface area is 109 Å². The Balaban J connectivity index is 3.49. The zero-order valence-corrected chi connectivity index (χ0v) is 10.9. The molecule has 0 saturated carbocycles. The number of rotatable bonds is 3.